The molecule has 11 heavy (non-hydrogen) atoms. The van der Waals surface area contributed by atoms with Crippen LogP contribution in [0.25, 0.3) is 0 Å². The van der Waals surface area contributed by atoms with Crippen molar-refractivity contribution < 1.29 is 4.52 Å². The van der Waals surface area contributed by atoms with Crippen LogP contribution in [0.3, 0.4) is 0 Å². The molecule has 1 saturated heterocycles. The Morgan fingerprint density at radius 3 is 2.73 bits per heavy atom. The SMILES string of the molecule is c1cc(N2CCCCC2)no1. The normalized spacial score (nSPS) is 18.7. The van der Waals surface area contributed by atoms with Crippen molar-refractivity contribution in [2.24, 2.45) is 0 Å². The number of hydrogen-bond acceptors (Lipinski definition) is 3. The first-order valence-electron chi connectivity index (χ1n) is 4.12. The van der Waals surface area contributed by atoms with Gasteiger partial charge in [-0.2, -0.15) is 0 Å². The Hall–Kier alpha value is -0.990. The van der Waals surface area contributed by atoms with E-state index in [2.05, 4.69) is 10.1 Å². The predicted octanol–water partition coefficient (Wildman–Crippen LogP) is 1.66. The molecule has 0 amide bonds. The molecule has 3 nitrogen and oxygen atoms in total. The smallest absolute Gasteiger partial charge is 0.171 e. The molecule has 0 bridgehead atoms. The lowest BCUT2D eigenvalue weighted by molar-refractivity contribution is 0.416. The van der Waals surface area contributed by atoms with E-state index in [-0.39, 0.29) is 0 Å². The monoisotopic (exact) mass is 152 g/mol. The Bertz CT molecular complexity index is 202. The number of rotatable bonds is 1. The summed E-state index contributed by atoms with van der Waals surface area (Å²) in [5, 5.41) is 3.89. The van der Waals surface area contributed by atoms with Crippen molar-refractivity contribution in [2.75, 3.05) is 18.0 Å². The van der Waals surface area contributed by atoms with Gasteiger partial charge in [0.2, 0.25) is 0 Å². The van der Waals surface area contributed by atoms with Crippen molar-refractivity contribution in [1.82, 2.24) is 5.16 Å². The summed E-state index contributed by atoms with van der Waals surface area (Å²) < 4.78 is 4.78. The van der Waals surface area contributed by atoms with E-state index in [0.29, 0.717) is 0 Å². The van der Waals surface area contributed by atoms with Gasteiger partial charge in [-0.15, -0.1) is 0 Å². The van der Waals surface area contributed by atoms with Gasteiger partial charge in [-0.3, -0.25) is 0 Å². The average molecular weight is 152 g/mol. The van der Waals surface area contributed by atoms with E-state index in [9.17, 15) is 0 Å². The Morgan fingerprint density at radius 2 is 2.09 bits per heavy atom. The summed E-state index contributed by atoms with van der Waals surface area (Å²) in [7, 11) is 0. The Balaban J connectivity index is 2.04. The minimum atomic E-state index is 0.990. The minimum absolute atomic E-state index is 0.990. The zero-order valence-corrected chi connectivity index (χ0v) is 6.49. The fraction of sp³-hybridized carbons (Fsp3) is 0.625. The number of anilines is 1. The Morgan fingerprint density at radius 1 is 1.27 bits per heavy atom. The van der Waals surface area contributed by atoms with E-state index in [0.717, 1.165) is 18.9 Å². The molecule has 0 radical (unpaired) electrons. The summed E-state index contributed by atoms with van der Waals surface area (Å²) in [6.45, 7) is 2.26. The molecule has 0 unspecified atom stereocenters. The molecule has 3 heteroatoms. The van der Waals surface area contributed by atoms with Crippen LogP contribution in [0.15, 0.2) is 16.9 Å². The third-order valence-corrected chi connectivity index (χ3v) is 2.10. The van der Waals surface area contributed by atoms with Gasteiger partial charge in [0.25, 0.3) is 0 Å². The summed E-state index contributed by atoms with van der Waals surface area (Å²) in [5.41, 5.74) is 0. The highest BCUT2D eigenvalue weighted by Gasteiger charge is 2.12. The van der Waals surface area contributed by atoms with Crippen LogP contribution in [0, 0.1) is 0 Å². The zero-order valence-electron chi connectivity index (χ0n) is 6.49. The van der Waals surface area contributed by atoms with Crippen molar-refractivity contribution in [3.8, 4) is 0 Å². The molecule has 1 aliphatic heterocycles. The molecule has 0 aromatic carbocycles. The maximum Gasteiger partial charge on any atom is 0.171 e. The topological polar surface area (TPSA) is 29.3 Å². The highest BCUT2D eigenvalue weighted by molar-refractivity contribution is 5.35. The maximum atomic E-state index is 4.78. The van der Waals surface area contributed by atoms with Crippen molar-refractivity contribution >= 4 is 5.82 Å². The number of nitrogens with zero attached hydrogens (tertiary/aromatic N) is 2. The van der Waals surface area contributed by atoms with E-state index in [1.165, 1.54) is 19.3 Å². The summed E-state index contributed by atoms with van der Waals surface area (Å²) in [6, 6.07) is 1.92. The standard InChI is InChI=1S/C8H12N2O/c1-2-5-10(6-3-1)8-4-7-11-9-8/h4,7H,1-3,5-6H2. The average Bonchev–Trinajstić information content (AvgIpc) is 2.58. The first kappa shape index (κ1) is 6.70. The van der Waals surface area contributed by atoms with Gasteiger partial charge < -0.3 is 9.42 Å². The molecule has 0 N–H and O–H groups in total. The lowest BCUT2D eigenvalue weighted by Crippen LogP contribution is -2.29. The summed E-state index contributed by atoms with van der Waals surface area (Å²) >= 11 is 0. The van der Waals surface area contributed by atoms with Crippen LogP contribution in [-0.4, -0.2) is 18.2 Å². The molecule has 1 fully saturated rings. The van der Waals surface area contributed by atoms with Gasteiger partial charge in [0.15, 0.2) is 5.82 Å². The lowest BCUT2D eigenvalue weighted by atomic mass is 10.1. The Labute approximate surface area is 66.0 Å². The van der Waals surface area contributed by atoms with Crippen LogP contribution in [0.4, 0.5) is 5.82 Å². The molecular formula is C8H12N2O. The lowest BCUT2D eigenvalue weighted by Gasteiger charge is -2.25. The highest BCUT2D eigenvalue weighted by atomic mass is 16.5. The highest BCUT2D eigenvalue weighted by Crippen LogP contribution is 2.16. The summed E-state index contributed by atoms with van der Waals surface area (Å²) in [6.07, 6.45) is 5.55. The van der Waals surface area contributed by atoms with Gasteiger partial charge in [-0.25, -0.2) is 0 Å². The second-order valence-electron chi connectivity index (χ2n) is 2.91. The molecule has 2 heterocycles. The molecule has 1 aromatic rings. The van der Waals surface area contributed by atoms with E-state index in [1.807, 2.05) is 6.07 Å². The third-order valence-electron chi connectivity index (χ3n) is 2.10. The zero-order chi connectivity index (χ0) is 7.52. The van der Waals surface area contributed by atoms with Gasteiger partial charge in [0, 0.05) is 19.2 Å². The van der Waals surface area contributed by atoms with Crippen LogP contribution in [0.5, 0.6) is 0 Å². The van der Waals surface area contributed by atoms with Gasteiger partial charge >= 0.3 is 0 Å². The van der Waals surface area contributed by atoms with Crippen LogP contribution < -0.4 is 4.90 Å². The number of aromatic nitrogens is 1. The number of piperidine rings is 1. The second kappa shape index (κ2) is 2.95. The van der Waals surface area contributed by atoms with Crippen LogP contribution in [0.1, 0.15) is 19.3 Å². The van der Waals surface area contributed by atoms with Crippen molar-refractivity contribution in [2.45, 2.75) is 19.3 Å². The maximum absolute atomic E-state index is 4.78. The molecule has 0 aliphatic carbocycles. The van der Waals surface area contributed by atoms with Gasteiger partial charge in [0.05, 0.1) is 0 Å². The van der Waals surface area contributed by atoms with E-state index in [4.69, 9.17) is 4.52 Å². The fourth-order valence-electron chi connectivity index (χ4n) is 1.49. The molecule has 0 atom stereocenters. The Kier molecular flexibility index (Phi) is 1.79. The molecule has 60 valence electrons. The van der Waals surface area contributed by atoms with Crippen LogP contribution >= 0.6 is 0 Å². The number of hydrogen-bond donors (Lipinski definition) is 0. The van der Waals surface area contributed by atoms with Gasteiger partial charge in [-0.05, 0) is 19.3 Å². The molecule has 0 saturated carbocycles. The molecule has 0 spiro atoms. The van der Waals surface area contributed by atoms with Crippen molar-refractivity contribution in [1.29, 1.82) is 0 Å². The quantitative estimate of drug-likeness (QED) is 0.613. The second-order valence-corrected chi connectivity index (χ2v) is 2.91. The van der Waals surface area contributed by atoms with Crippen molar-refractivity contribution in [3.05, 3.63) is 12.3 Å². The molecule has 1 aliphatic rings. The minimum Gasteiger partial charge on any atom is -0.363 e. The molecule has 1 aromatic heterocycles. The predicted molar refractivity (Wildman–Crippen MR) is 42.6 cm³/mol. The van der Waals surface area contributed by atoms with Crippen LogP contribution in [-0.2, 0) is 0 Å². The van der Waals surface area contributed by atoms with E-state index >= 15 is 0 Å². The fourth-order valence-corrected chi connectivity index (χ4v) is 1.49. The first-order chi connectivity index (χ1) is 5.47. The largest absolute Gasteiger partial charge is 0.363 e. The van der Waals surface area contributed by atoms with E-state index < -0.39 is 0 Å². The third kappa shape index (κ3) is 1.37. The first-order valence-corrected chi connectivity index (χ1v) is 4.12. The summed E-state index contributed by atoms with van der Waals surface area (Å²) in [5.74, 6) is 0.990. The molecular weight excluding hydrogens is 140 g/mol. The van der Waals surface area contributed by atoms with E-state index in [1.54, 1.807) is 6.26 Å². The van der Waals surface area contributed by atoms with Crippen molar-refractivity contribution in [3.63, 3.8) is 0 Å². The van der Waals surface area contributed by atoms with Gasteiger partial charge in [-0.1, -0.05) is 5.16 Å². The molecule has 2 rings (SSSR count). The van der Waals surface area contributed by atoms with Crippen LogP contribution in [0.2, 0.25) is 0 Å². The van der Waals surface area contributed by atoms with Gasteiger partial charge in [0.1, 0.15) is 6.26 Å². The summed E-state index contributed by atoms with van der Waals surface area (Å²) in [4.78, 5) is 2.27.